The van der Waals surface area contributed by atoms with Gasteiger partial charge in [-0.1, -0.05) is 0 Å². The average molecular weight is 314 g/mol. The van der Waals surface area contributed by atoms with Gasteiger partial charge in [-0.3, -0.25) is 9.59 Å². The zero-order valence-electron chi connectivity index (χ0n) is 12.9. The van der Waals surface area contributed by atoms with Crippen LogP contribution in [0.5, 0.6) is 0 Å². The lowest BCUT2D eigenvalue weighted by Gasteiger charge is -2.13. The van der Waals surface area contributed by atoms with Crippen LogP contribution >= 0.6 is 11.3 Å². The molecule has 0 fully saturated rings. The summed E-state index contributed by atoms with van der Waals surface area (Å²) in [7, 11) is 6.40. The number of nitrogens with two attached hydrogens (primary N) is 1. The van der Waals surface area contributed by atoms with Gasteiger partial charge in [-0.15, -0.1) is 11.3 Å². The third-order valence-electron chi connectivity index (χ3n) is 2.79. The number of hydrogen-bond acceptors (Lipinski definition) is 6. The molecule has 1 heterocycles. The number of carbonyl (C=O) groups excluding carboxylic acids is 2. The number of nitrogens with zero attached hydrogens (tertiary/aromatic N) is 1. The molecule has 0 aliphatic heterocycles. The Morgan fingerprint density at radius 3 is 2.52 bits per heavy atom. The molecule has 1 aromatic rings. The monoisotopic (exact) mass is 314 g/mol. The molecule has 0 aliphatic carbocycles. The molecule has 0 aliphatic rings. The van der Waals surface area contributed by atoms with Crippen molar-refractivity contribution in [2.24, 2.45) is 0 Å². The second-order valence-electron chi connectivity index (χ2n) is 4.83. The Morgan fingerprint density at radius 2 is 2.05 bits per heavy atom. The van der Waals surface area contributed by atoms with E-state index in [4.69, 9.17) is 10.5 Å². The van der Waals surface area contributed by atoms with Crippen LogP contribution in [0.25, 0.3) is 0 Å². The number of hydrogen-bond donors (Lipinski definition) is 3. The summed E-state index contributed by atoms with van der Waals surface area (Å²) >= 11 is 1.18. The molecule has 2 amide bonds. The number of methoxy groups -OCH3 is 1. The van der Waals surface area contributed by atoms with Gasteiger partial charge in [0.1, 0.15) is 9.88 Å². The van der Waals surface area contributed by atoms with Crippen molar-refractivity contribution in [2.45, 2.75) is 13.0 Å². The highest BCUT2D eigenvalue weighted by atomic mass is 32.1. The summed E-state index contributed by atoms with van der Waals surface area (Å²) in [4.78, 5) is 25.9. The van der Waals surface area contributed by atoms with Crippen LogP contribution in [-0.2, 0) is 4.74 Å². The first-order chi connectivity index (χ1) is 9.83. The van der Waals surface area contributed by atoms with E-state index in [1.54, 1.807) is 21.2 Å². The van der Waals surface area contributed by atoms with E-state index in [1.807, 2.05) is 6.92 Å². The van der Waals surface area contributed by atoms with Crippen LogP contribution in [0.15, 0.2) is 0 Å². The van der Waals surface area contributed by atoms with Crippen molar-refractivity contribution in [3.63, 3.8) is 0 Å². The number of nitrogens with one attached hydrogen (secondary N) is 2. The van der Waals surface area contributed by atoms with E-state index in [0.29, 0.717) is 22.0 Å². The second kappa shape index (κ2) is 7.28. The number of amides is 2. The number of ether oxygens (including phenoxy) is 1. The van der Waals surface area contributed by atoms with E-state index in [9.17, 15) is 9.59 Å². The maximum absolute atomic E-state index is 12.1. The second-order valence-corrected chi connectivity index (χ2v) is 5.85. The number of carbonyl (C=O) groups is 2. The van der Waals surface area contributed by atoms with Gasteiger partial charge in [0.05, 0.1) is 17.9 Å². The molecular formula is C13H22N4O3S. The van der Waals surface area contributed by atoms with Crippen LogP contribution in [0.4, 0.5) is 10.7 Å². The molecule has 1 aromatic heterocycles. The van der Waals surface area contributed by atoms with Gasteiger partial charge in [-0.25, -0.2) is 0 Å². The molecule has 21 heavy (non-hydrogen) atoms. The zero-order chi connectivity index (χ0) is 16.2. The van der Waals surface area contributed by atoms with Crippen LogP contribution in [0.3, 0.4) is 0 Å². The minimum atomic E-state index is -0.325. The highest BCUT2D eigenvalue weighted by molar-refractivity contribution is 7.19. The van der Waals surface area contributed by atoms with E-state index in [0.717, 1.165) is 0 Å². The fourth-order valence-corrected chi connectivity index (χ4v) is 3.02. The SMILES string of the molecule is CNC(=O)c1c(NC(C)COC)sc(C(=O)N(C)C)c1N. The van der Waals surface area contributed by atoms with Gasteiger partial charge >= 0.3 is 0 Å². The highest BCUT2D eigenvalue weighted by Gasteiger charge is 2.26. The molecule has 8 heteroatoms. The Labute approximate surface area is 128 Å². The topological polar surface area (TPSA) is 96.7 Å². The van der Waals surface area contributed by atoms with E-state index >= 15 is 0 Å². The van der Waals surface area contributed by atoms with Crippen LogP contribution in [0.2, 0.25) is 0 Å². The Bertz CT molecular complexity index is 528. The Kier molecular flexibility index (Phi) is 5.98. The van der Waals surface area contributed by atoms with Gasteiger partial charge in [-0.05, 0) is 6.92 Å². The third-order valence-corrected chi connectivity index (χ3v) is 3.92. The Hall–Kier alpha value is -1.80. The van der Waals surface area contributed by atoms with Gasteiger partial charge in [0.2, 0.25) is 0 Å². The molecule has 0 bridgehead atoms. The number of nitrogen functional groups attached to an aromatic ring is 1. The molecule has 7 nitrogen and oxygen atoms in total. The standard InChI is InChI=1S/C13H22N4O3S/c1-7(6-20-5)16-12-8(11(18)15-2)9(14)10(21-12)13(19)17(3)4/h7,16H,6,14H2,1-5H3,(H,15,18). The van der Waals surface area contributed by atoms with Crippen molar-refractivity contribution in [3.8, 4) is 0 Å². The van der Waals surface area contributed by atoms with Crippen LogP contribution in [0.1, 0.15) is 27.0 Å². The summed E-state index contributed by atoms with van der Waals surface area (Å²) in [6, 6.07) is -0.0150. The lowest BCUT2D eigenvalue weighted by atomic mass is 10.2. The minimum absolute atomic E-state index is 0.0150. The molecule has 1 rings (SSSR count). The summed E-state index contributed by atoms with van der Waals surface area (Å²) in [5, 5.41) is 6.28. The molecule has 0 spiro atoms. The predicted molar refractivity (Wildman–Crippen MR) is 85.1 cm³/mol. The maximum atomic E-state index is 12.1. The Morgan fingerprint density at radius 1 is 1.43 bits per heavy atom. The van der Waals surface area contributed by atoms with Crippen molar-refractivity contribution >= 4 is 33.8 Å². The zero-order valence-corrected chi connectivity index (χ0v) is 13.8. The van der Waals surface area contributed by atoms with Crippen LogP contribution in [-0.4, -0.2) is 57.6 Å². The molecule has 0 saturated carbocycles. The molecule has 0 aromatic carbocycles. The molecule has 0 saturated heterocycles. The van der Waals surface area contributed by atoms with Gasteiger partial charge in [0, 0.05) is 34.3 Å². The third kappa shape index (κ3) is 3.85. The largest absolute Gasteiger partial charge is 0.397 e. The van der Waals surface area contributed by atoms with Crippen LogP contribution in [0, 0.1) is 0 Å². The van der Waals surface area contributed by atoms with Gasteiger partial charge in [0.25, 0.3) is 11.8 Å². The fourth-order valence-electron chi connectivity index (χ4n) is 1.77. The number of rotatable bonds is 6. The smallest absolute Gasteiger partial charge is 0.265 e. The minimum Gasteiger partial charge on any atom is -0.397 e. The van der Waals surface area contributed by atoms with Crippen molar-refractivity contribution in [1.82, 2.24) is 10.2 Å². The van der Waals surface area contributed by atoms with E-state index < -0.39 is 0 Å². The van der Waals surface area contributed by atoms with Crippen LogP contribution < -0.4 is 16.4 Å². The number of thiophene rings is 1. The van der Waals surface area contributed by atoms with Crippen molar-refractivity contribution in [2.75, 3.05) is 45.9 Å². The first kappa shape index (κ1) is 17.3. The van der Waals surface area contributed by atoms with Gasteiger partial charge in [-0.2, -0.15) is 0 Å². The quantitative estimate of drug-likeness (QED) is 0.723. The molecular weight excluding hydrogens is 292 g/mol. The van der Waals surface area contributed by atoms with Crippen molar-refractivity contribution in [3.05, 3.63) is 10.4 Å². The number of anilines is 2. The fraction of sp³-hybridized carbons (Fsp3) is 0.538. The normalized spacial score (nSPS) is 11.9. The summed E-state index contributed by atoms with van der Waals surface area (Å²) in [5.41, 5.74) is 6.50. The van der Waals surface area contributed by atoms with Crippen molar-refractivity contribution < 1.29 is 14.3 Å². The first-order valence-corrected chi connectivity index (χ1v) is 7.26. The molecule has 1 atom stereocenters. The van der Waals surface area contributed by atoms with Crippen molar-refractivity contribution in [1.29, 1.82) is 0 Å². The molecule has 4 N–H and O–H groups in total. The predicted octanol–water partition coefficient (Wildman–Crippen LogP) is 0.838. The summed E-state index contributed by atoms with van der Waals surface area (Å²) < 4.78 is 5.06. The lowest BCUT2D eigenvalue weighted by Crippen LogP contribution is -2.24. The van der Waals surface area contributed by atoms with Gasteiger partial charge < -0.3 is 26.0 Å². The maximum Gasteiger partial charge on any atom is 0.265 e. The summed E-state index contributed by atoms with van der Waals surface area (Å²) in [6.07, 6.45) is 0. The molecule has 118 valence electrons. The Balaban J connectivity index is 3.24. The van der Waals surface area contributed by atoms with E-state index in [1.165, 1.54) is 23.3 Å². The molecule has 0 radical (unpaired) electrons. The van der Waals surface area contributed by atoms with E-state index in [2.05, 4.69) is 10.6 Å². The lowest BCUT2D eigenvalue weighted by molar-refractivity contribution is 0.0833. The van der Waals surface area contributed by atoms with Gasteiger partial charge in [0.15, 0.2) is 0 Å². The summed E-state index contributed by atoms with van der Waals surface area (Å²) in [5.74, 6) is -0.552. The average Bonchev–Trinajstić information content (AvgIpc) is 2.73. The summed E-state index contributed by atoms with van der Waals surface area (Å²) in [6.45, 7) is 2.39. The first-order valence-electron chi connectivity index (χ1n) is 6.44. The van der Waals surface area contributed by atoms with E-state index in [-0.39, 0.29) is 23.5 Å². The molecule has 1 unspecified atom stereocenters. The highest BCUT2D eigenvalue weighted by Crippen LogP contribution is 2.36.